The zero-order valence-corrected chi connectivity index (χ0v) is 13.5. The molecule has 0 rings (SSSR count). The Hall–Kier alpha value is 0.550. The second-order valence-electron chi connectivity index (χ2n) is 4.27. The van der Waals surface area contributed by atoms with Crippen LogP contribution in [-0.2, 0) is 9.13 Å². The van der Waals surface area contributed by atoms with Crippen LogP contribution < -0.4 is 5.32 Å². The SMILES string of the molecule is CCCCCCCCNC(P(=O)(O)O)P(=O)(O)O.Cl. The molecule has 118 valence electrons. The molecule has 0 aliphatic carbocycles. The lowest BCUT2D eigenvalue weighted by Gasteiger charge is -2.20. The third kappa shape index (κ3) is 10.9. The summed E-state index contributed by atoms with van der Waals surface area (Å²) in [6, 6.07) is 0. The van der Waals surface area contributed by atoms with Gasteiger partial charge in [0.25, 0.3) is 0 Å². The minimum absolute atomic E-state index is 0. The highest BCUT2D eigenvalue weighted by atomic mass is 35.5. The van der Waals surface area contributed by atoms with Crippen molar-refractivity contribution < 1.29 is 28.7 Å². The summed E-state index contributed by atoms with van der Waals surface area (Å²) in [5.41, 5.74) is -2.08. The van der Waals surface area contributed by atoms with Crippen LogP contribution in [-0.4, -0.2) is 31.6 Å². The summed E-state index contributed by atoms with van der Waals surface area (Å²) in [6.45, 7) is 2.29. The van der Waals surface area contributed by atoms with Crippen LogP contribution in [0.15, 0.2) is 0 Å². The Labute approximate surface area is 119 Å². The highest BCUT2D eigenvalue weighted by molar-refractivity contribution is 7.70. The van der Waals surface area contributed by atoms with E-state index in [-0.39, 0.29) is 19.0 Å². The van der Waals surface area contributed by atoms with Crippen LogP contribution in [0.25, 0.3) is 0 Å². The van der Waals surface area contributed by atoms with E-state index in [1.54, 1.807) is 0 Å². The smallest absolute Gasteiger partial charge is 0.323 e. The molecule has 0 aliphatic heterocycles. The van der Waals surface area contributed by atoms with E-state index >= 15 is 0 Å². The van der Waals surface area contributed by atoms with E-state index in [0.717, 1.165) is 32.1 Å². The Kier molecular flexibility index (Phi) is 11.8. The van der Waals surface area contributed by atoms with E-state index in [1.165, 1.54) is 0 Å². The fraction of sp³-hybridized carbons (Fsp3) is 1.00. The first kappa shape index (κ1) is 21.8. The molecule has 0 saturated carbocycles. The minimum atomic E-state index is -4.84. The summed E-state index contributed by atoms with van der Waals surface area (Å²) >= 11 is 0. The van der Waals surface area contributed by atoms with Gasteiger partial charge in [0.2, 0.25) is 5.52 Å². The van der Waals surface area contributed by atoms with Crippen molar-refractivity contribution in [2.75, 3.05) is 6.54 Å². The lowest BCUT2D eigenvalue weighted by atomic mass is 10.1. The average molecular weight is 340 g/mol. The van der Waals surface area contributed by atoms with Gasteiger partial charge in [-0.2, -0.15) is 0 Å². The molecule has 0 aromatic rings. The first-order valence-corrected chi connectivity index (χ1v) is 9.39. The molecule has 0 spiro atoms. The summed E-state index contributed by atoms with van der Waals surface area (Å²) in [5, 5.41) is 2.26. The maximum atomic E-state index is 10.9. The molecule has 10 heteroatoms. The first-order valence-electron chi connectivity index (χ1n) is 6.03. The van der Waals surface area contributed by atoms with Gasteiger partial charge in [-0.15, -0.1) is 12.4 Å². The molecule has 0 saturated heterocycles. The third-order valence-corrected chi connectivity index (χ3v) is 5.94. The van der Waals surface area contributed by atoms with Crippen molar-refractivity contribution in [3.8, 4) is 0 Å². The zero-order chi connectivity index (χ0) is 14.2. The summed E-state index contributed by atoms with van der Waals surface area (Å²) in [4.78, 5) is 35.4. The molecule has 0 unspecified atom stereocenters. The van der Waals surface area contributed by atoms with E-state index in [1.807, 2.05) is 0 Å². The van der Waals surface area contributed by atoms with E-state index in [2.05, 4.69) is 12.2 Å². The Balaban J connectivity index is 0. The second kappa shape index (κ2) is 10.3. The van der Waals surface area contributed by atoms with Gasteiger partial charge in [0.05, 0.1) is 0 Å². The van der Waals surface area contributed by atoms with Crippen molar-refractivity contribution in [1.29, 1.82) is 0 Å². The number of unbranched alkanes of at least 4 members (excludes halogenated alkanes) is 5. The highest BCUT2D eigenvalue weighted by Crippen LogP contribution is 2.58. The van der Waals surface area contributed by atoms with Crippen molar-refractivity contribution >= 4 is 27.6 Å². The molecular weight excluding hydrogens is 316 g/mol. The summed E-state index contributed by atoms with van der Waals surface area (Å²) in [6.07, 6.45) is 5.93. The van der Waals surface area contributed by atoms with E-state index in [0.29, 0.717) is 6.42 Å². The summed E-state index contributed by atoms with van der Waals surface area (Å²) in [5.74, 6) is 0. The van der Waals surface area contributed by atoms with Gasteiger partial charge >= 0.3 is 15.2 Å². The number of halogens is 1. The maximum absolute atomic E-state index is 10.9. The van der Waals surface area contributed by atoms with Crippen molar-refractivity contribution in [3.63, 3.8) is 0 Å². The van der Waals surface area contributed by atoms with E-state index < -0.39 is 20.7 Å². The predicted molar refractivity (Wildman–Crippen MR) is 76.5 cm³/mol. The normalized spacial score (nSPS) is 12.5. The monoisotopic (exact) mass is 339 g/mol. The van der Waals surface area contributed by atoms with Crippen LogP contribution in [0.3, 0.4) is 0 Å². The van der Waals surface area contributed by atoms with Gasteiger partial charge in [0.1, 0.15) is 0 Å². The Morgan fingerprint density at radius 2 is 1.32 bits per heavy atom. The second-order valence-corrected chi connectivity index (χ2v) is 8.07. The lowest BCUT2D eigenvalue weighted by Crippen LogP contribution is -2.29. The maximum Gasteiger partial charge on any atom is 0.354 e. The van der Waals surface area contributed by atoms with Gasteiger partial charge in [0, 0.05) is 0 Å². The lowest BCUT2D eigenvalue weighted by molar-refractivity contribution is 0.327. The third-order valence-electron chi connectivity index (χ3n) is 2.49. The molecular formula is C9H24ClNO6P2. The van der Waals surface area contributed by atoms with Gasteiger partial charge in [-0.3, -0.25) is 14.4 Å². The van der Waals surface area contributed by atoms with Crippen molar-refractivity contribution in [2.24, 2.45) is 0 Å². The molecule has 0 radical (unpaired) electrons. The van der Waals surface area contributed by atoms with Gasteiger partial charge in [-0.05, 0) is 13.0 Å². The molecule has 0 atom stereocenters. The first-order chi connectivity index (χ1) is 8.19. The zero-order valence-electron chi connectivity index (χ0n) is 10.9. The molecule has 7 nitrogen and oxygen atoms in total. The molecule has 0 heterocycles. The average Bonchev–Trinajstić information content (AvgIpc) is 2.18. The fourth-order valence-corrected chi connectivity index (χ4v) is 3.87. The van der Waals surface area contributed by atoms with Crippen LogP contribution in [0.2, 0.25) is 0 Å². The van der Waals surface area contributed by atoms with E-state index in [4.69, 9.17) is 19.6 Å². The van der Waals surface area contributed by atoms with Crippen LogP contribution in [0, 0.1) is 0 Å². The Morgan fingerprint density at radius 1 is 0.895 bits per heavy atom. The molecule has 0 amide bonds. The van der Waals surface area contributed by atoms with Gasteiger partial charge < -0.3 is 19.6 Å². The van der Waals surface area contributed by atoms with Crippen LogP contribution in [0.5, 0.6) is 0 Å². The minimum Gasteiger partial charge on any atom is -0.323 e. The van der Waals surface area contributed by atoms with E-state index in [9.17, 15) is 9.13 Å². The van der Waals surface area contributed by atoms with Crippen molar-refractivity contribution in [1.82, 2.24) is 5.32 Å². The fourth-order valence-electron chi connectivity index (χ4n) is 1.57. The molecule has 0 fully saturated rings. The summed E-state index contributed by atoms with van der Waals surface area (Å²) < 4.78 is 21.8. The van der Waals surface area contributed by atoms with Crippen LogP contribution in [0.1, 0.15) is 45.4 Å². The largest absolute Gasteiger partial charge is 0.354 e. The number of rotatable bonds is 10. The van der Waals surface area contributed by atoms with Gasteiger partial charge in [0.15, 0.2) is 0 Å². The summed E-state index contributed by atoms with van der Waals surface area (Å²) in [7, 11) is -9.68. The number of hydrogen-bond donors (Lipinski definition) is 5. The van der Waals surface area contributed by atoms with Crippen LogP contribution in [0.4, 0.5) is 0 Å². The molecule has 0 aliphatic rings. The van der Waals surface area contributed by atoms with Gasteiger partial charge in [-0.25, -0.2) is 0 Å². The predicted octanol–water partition coefficient (Wildman–Crippen LogP) is 2.00. The molecule has 0 bridgehead atoms. The Morgan fingerprint density at radius 3 is 1.74 bits per heavy atom. The van der Waals surface area contributed by atoms with Gasteiger partial charge in [-0.1, -0.05) is 39.0 Å². The molecule has 5 N–H and O–H groups in total. The van der Waals surface area contributed by atoms with Crippen LogP contribution >= 0.6 is 27.6 Å². The topological polar surface area (TPSA) is 127 Å². The molecule has 0 aromatic heterocycles. The number of hydrogen-bond acceptors (Lipinski definition) is 3. The molecule has 19 heavy (non-hydrogen) atoms. The quantitative estimate of drug-likeness (QED) is 0.304. The van der Waals surface area contributed by atoms with Crippen molar-refractivity contribution in [2.45, 2.75) is 51.0 Å². The standard InChI is InChI=1S/C9H23NO6P2.ClH/c1-2-3-4-5-6-7-8-10-9(17(11,12)13)18(14,15)16;/h9-10H,2-8H2,1H3,(H2,11,12,13)(H2,14,15,16);1H. The number of nitrogens with one attached hydrogen (secondary N) is 1. The Bertz CT molecular complexity index is 296. The van der Waals surface area contributed by atoms with Crippen molar-refractivity contribution in [3.05, 3.63) is 0 Å². The highest BCUT2D eigenvalue weighted by Gasteiger charge is 2.42. The molecule has 0 aromatic carbocycles.